The van der Waals surface area contributed by atoms with E-state index in [1.807, 2.05) is 30.0 Å². The fourth-order valence-electron chi connectivity index (χ4n) is 3.76. The molecule has 2 N–H and O–H groups in total. The highest BCUT2D eigenvalue weighted by molar-refractivity contribution is 6.31. The van der Waals surface area contributed by atoms with Crippen LogP contribution in [0.15, 0.2) is 67.0 Å². The molecule has 3 amide bonds. The van der Waals surface area contributed by atoms with E-state index in [-0.39, 0.29) is 11.9 Å². The lowest BCUT2D eigenvalue weighted by atomic mass is 10.1. The molecule has 3 aromatic rings. The quantitative estimate of drug-likeness (QED) is 0.577. The van der Waals surface area contributed by atoms with E-state index in [4.69, 9.17) is 11.6 Å². The Morgan fingerprint density at radius 1 is 0.970 bits per heavy atom. The fourth-order valence-corrected chi connectivity index (χ4v) is 3.95. The van der Waals surface area contributed by atoms with Gasteiger partial charge in [0.2, 0.25) is 0 Å². The number of hydrogen-bond donors (Lipinski definition) is 2. The van der Waals surface area contributed by atoms with Crippen LogP contribution < -0.4 is 10.6 Å². The van der Waals surface area contributed by atoms with Gasteiger partial charge in [-0.15, -0.1) is 0 Å². The maximum atomic E-state index is 12.8. The molecule has 2 heterocycles. The molecule has 4 rings (SSSR count). The van der Waals surface area contributed by atoms with Crippen LogP contribution in [-0.2, 0) is 6.54 Å². The van der Waals surface area contributed by atoms with Crippen LogP contribution in [-0.4, -0.2) is 52.9 Å². The number of nitrogens with one attached hydrogen (secondary N) is 2. The maximum absolute atomic E-state index is 12.8. The van der Waals surface area contributed by atoms with E-state index >= 15 is 0 Å². The van der Waals surface area contributed by atoms with E-state index in [0.717, 1.165) is 30.9 Å². The van der Waals surface area contributed by atoms with Crippen LogP contribution in [0.25, 0.3) is 0 Å². The summed E-state index contributed by atoms with van der Waals surface area (Å²) in [6.45, 7) is 5.75. The number of amides is 3. The normalized spacial score (nSPS) is 14.1. The molecule has 0 spiro atoms. The van der Waals surface area contributed by atoms with Gasteiger partial charge < -0.3 is 15.5 Å². The van der Waals surface area contributed by atoms with Gasteiger partial charge in [0.1, 0.15) is 0 Å². The summed E-state index contributed by atoms with van der Waals surface area (Å²) in [5.74, 6) is -0.238. The minimum absolute atomic E-state index is 0.114. The molecule has 0 bridgehead atoms. The summed E-state index contributed by atoms with van der Waals surface area (Å²) in [5, 5.41) is 6.37. The van der Waals surface area contributed by atoms with Crippen molar-refractivity contribution in [2.75, 3.05) is 36.8 Å². The number of piperazine rings is 1. The van der Waals surface area contributed by atoms with E-state index in [0.29, 0.717) is 29.4 Å². The van der Waals surface area contributed by atoms with Gasteiger partial charge in [-0.2, -0.15) is 0 Å². The van der Waals surface area contributed by atoms with Crippen molar-refractivity contribution in [3.63, 3.8) is 0 Å². The zero-order valence-corrected chi connectivity index (χ0v) is 19.2. The van der Waals surface area contributed by atoms with Crippen LogP contribution >= 0.6 is 11.6 Å². The first-order valence-electron chi connectivity index (χ1n) is 10.8. The Bertz CT molecular complexity index is 1130. The maximum Gasteiger partial charge on any atom is 0.321 e. The van der Waals surface area contributed by atoms with E-state index in [9.17, 15) is 9.59 Å². The standard InChI is InChI=1S/C25H26ClN5O2/c1-18-15-22(28-24(32)20-3-2-4-21(26)16-20)5-6-23(18)29-25(33)31-13-11-30(12-14-31)17-19-7-9-27-10-8-19/h2-10,15-16H,11-14,17H2,1H3,(H,28,32)(H,29,33). The number of pyridine rings is 1. The lowest BCUT2D eigenvalue weighted by molar-refractivity contribution is 0.102. The second kappa shape index (κ2) is 10.5. The molecular weight excluding hydrogens is 438 g/mol. The van der Waals surface area contributed by atoms with Crippen LogP contribution in [0.2, 0.25) is 5.02 Å². The summed E-state index contributed by atoms with van der Waals surface area (Å²) >= 11 is 5.97. The molecule has 0 saturated carbocycles. The van der Waals surface area contributed by atoms with Gasteiger partial charge in [-0.25, -0.2) is 4.79 Å². The minimum atomic E-state index is -0.238. The monoisotopic (exact) mass is 463 g/mol. The van der Waals surface area contributed by atoms with Gasteiger partial charge in [-0.3, -0.25) is 14.7 Å². The molecular formula is C25H26ClN5O2. The zero-order chi connectivity index (χ0) is 23.2. The lowest BCUT2D eigenvalue weighted by Gasteiger charge is -2.34. The molecule has 1 aliphatic rings. The van der Waals surface area contributed by atoms with Crippen LogP contribution in [0.5, 0.6) is 0 Å². The van der Waals surface area contributed by atoms with Gasteiger partial charge in [-0.05, 0) is 66.6 Å². The van der Waals surface area contributed by atoms with Crippen molar-refractivity contribution in [3.8, 4) is 0 Å². The van der Waals surface area contributed by atoms with Gasteiger partial charge in [0.25, 0.3) is 5.91 Å². The summed E-state index contributed by atoms with van der Waals surface area (Å²) in [7, 11) is 0. The van der Waals surface area contributed by atoms with Crippen LogP contribution in [0.1, 0.15) is 21.5 Å². The Kier molecular flexibility index (Phi) is 7.22. The molecule has 1 aliphatic heterocycles. The second-order valence-electron chi connectivity index (χ2n) is 8.04. The number of carbonyl (C=O) groups is 2. The zero-order valence-electron chi connectivity index (χ0n) is 18.4. The third-order valence-electron chi connectivity index (χ3n) is 5.63. The van der Waals surface area contributed by atoms with Crippen molar-refractivity contribution in [1.29, 1.82) is 0 Å². The van der Waals surface area contributed by atoms with Crippen molar-refractivity contribution < 1.29 is 9.59 Å². The third-order valence-corrected chi connectivity index (χ3v) is 5.86. The molecule has 0 radical (unpaired) electrons. The molecule has 0 aliphatic carbocycles. The Hall–Kier alpha value is -3.42. The fraction of sp³-hybridized carbons (Fsp3) is 0.240. The lowest BCUT2D eigenvalue weighted by Crippen LogP contribution is -2.49. The molecule has 1 aromatic heterocycles. The highest BCUT2D eigenvalue weighted by atomic mass is 35.5. The summed E-state index contributed by atoms with van der Waals surface area (Å²) in [6.07, 6.45) is 3.60. The predicted molar refractivity (Wildman–Crippen MR) is 131 cm³/mol. The van der Waals surface area contributed by atoms with Gasteiger partial charge in [0.05, 0.1) is 0 Å². The first-order valence-corrected chi connectivity index (χ1v) is 11.2. The first kappa shape index (κ1) is 22.8. The molecule has 2 aromatic carbocycles. The van der Waals surface area contributed by atoms with E-state index < -0.39 is 0 Å². The average molecular weight is 464 g/mol. The van der Waals surface area contributed by atoms with Gasteiger partial charge in [0.15, 0.2) is 0 Å². The predicted octanol–water partition coefficient (Wildman–Crippen LogP) is 4.65. The molecule has 1 fully saturated rings. The Labute approximate surface area is 198 Å². The third kappa shape index (κ3) is 6.09. The molecule has 8 heteroatoms. The van der Waals surface area contributed by atoms with Gasteiger partial charge in [0, 0.05) is 67.1 Å². The summed E-state index contributed by atoms with van der Waals surface area (Å²) in [4.78, 5) is 33.4. The van der Waals surface area contributed by atoms with Crippen molar-refractivity contribution in [3.05, 3.63) is 88.7 Å². The van der Waals surface area contributed by atoms with Crippen molar-refractivity contribution in [2.24, 2.45) is 0 Å². The van der Waals surface area contributed by atoms with Crippen LogP contribution in [0.4, 0.5) is 16.2 Å². The van der Waals surface area contributed by atoms with Crippen molar-refractivity contribution in [1.82, 2.24) is 14.8 Å². The number of aryl methyl sites for hydroxylation is 1. The first-order chi connectivity index (χ1) is 16.0. The van der Waals surface area contributed by atoms with Crippen molar-refractivity contribution >= 4 is 34.9 Å². The van der Waals surface area contributed by atoms with E-state index in [1.54, 1.807) is 48.8 Å². The number of hydrogen-bond acceptors (Lipinski definition) is 4. The number of benzene rings is 2. The van der Waals surface area contributed by atoms with E-state index in [2.05, 4.69) is 20.5 Å². The second-order valence-corrected chi connectivity index (χ2v) is 8.48. The number of carbonyl (C=O) groups excluding carboxylic acids is 2. The number of aromatic nitrogens is 1. The highest BCUT2D eigenvalue weighted by Crippen LogP contribution is 2.21. The SMILES string of the molecule is Cc1cc(NC(=O)c2cccc(Cl)c2)ccc1NC(=O)N1CCN(Cc2ccncc2)CC1. The molecule has 7 nitrogen and oxygen atoms in total. The number of halogens is 1. The Balaban J connectivity index is 1.30. The summed E-state index contributed by atoms with van der Waals surface area (Å²) in [5.41, 5.74) is 3.95. The minimum Gasteiger partial charge on any atom is -0.322 e. The van der Waals surface area contributed by atoms with Crippen LogP contribution in [0, 0.1) is 6.92 Å². The van der Waals surface area contributed by atoms with Crippen molar-refractivity contribution in [2.45, 2.75) is 13.5 Å². The summed E-state index contributed by atoms with van der Waals surface area (Å²) < 4.78 is 0. The largest absolute Gasteiger partial charge is 0.322 e. The number of rotatable bonds is 5. The van der Waals surface area contributed by atoms with Gasteiger partial charge >= 0.3 is 6.03 Å². The smallest absolute Gasteiger partial charge is 0.321 e. The van der Waals surface area contributed by atoms with Gasteiger partial charge in [-0.1, -0.05) is 17.7 Å². The Morgan fingerprint density at radius 3 is 2.42 bits per heavy atom. The number of anilines is 2. The Morgan fingerprint density at radius 2 is 1.73 bits per heavy atom. The molecule has 33 heavy (non-hydrogen) atoms. The highest BCUT2D eigenvalue weighted by Gasteiger charge is 2.21. The topological polar surface area (TPSA) is 77.6 Å². The molecule has 1 saturated heterocycles. The molecule has 170 valence electrons. The van der Waals surface area contributed by atoms with Crippen LogP contribution in [0.3, 0.4) is 0 Å². The number of urea groups is 1. The number of nitrogens with zero attached hydrogens (tertiary/aromatic N) is 3. The van der Waals surface area contributed by atoms with E-state index in [1.165, 1.54) is 5.56 Å². The molecule has 0 unspecified atom stereocenters. The summed E-state index contributed by atoms with van der Waals surface area (Å²) in [6, 6.07) is 16.1. The molecule has 0 atom stereocenters. The average Bonchev–Trinajstić information content (AvgIpc) is 2.82.